The van der Waals surface area contributed by atoms with E-state index in [4.69, 9.17) is 13.9 Å². The lowest BCUT2D eigenvalue weighted by Crippen LogP contribution is -2.67. The third-order valence-corrected chi connectivity index (χ3v) is 13.0. The lowest BCUT2D eigenvalue weighted by Gasteiger charge is -2.46. The molecule has 198 valence electrons. The van der Waals surface area contributed by atoms with Crippen molar-refractivity contribution < 1.29 is 23.8 Å². The van der Waals surface area contributed by atoms with Crippen molar-refractivity contribution in [3.05, 3.63) is 85.5 Å². The monoisotopic (exact) mass is 520 g/mol. The van der Waals surface area contributed by atoms with E-state index in [0.29, 0.717) is 12.8 Å². The number of fused-ring (bicyclic) bond motifs is 1. The van der Waals surface area contributed by atoms with Gasteiger partial charge in [0.25, 0.3) is 8.32 Å². The Balaban J connectivity index is 1.74. The molecule has 1 aliphatic heterocycles. The van der Waals surface area contributed by atoms with Crippen LogP contribution < -0.4 is 10.4 Å². The van der Waals surface area contributed by atoms with Crippen molar-refractivity contribution in [3.63, 3.8) is 0 Å². The summed E-state index contributed by atoms with van der Waals surface area (Å²) >= 11 is 0. The maximum Gasteiger partial charge on any atom is 0.335 e. The molecule has 6 heteroatoms. The van der Waals surface area contributed by atoms with E-state index in [0.717, 1.165) is 0 Å². The molecule has 37 heavy (non-hydrogen) atoms. The van der Waals surface area contributed by atoms with Gasteiger partial charge < -0.3 is 19.0 Å². The third-order valence-electron chi connectivity index (χ3n) is 7.93. The van der Waals surface area contributed by atoms with E-state index in [1.54, 1.807) is 6.92 Å². The molecular formula is C31H40O5Si. The van der Waals surface area contributed by atoms with Crippen LogP contribution in [0.4, 0.5) is 0 Å². The smallest absolute Gasteiger partial charge is 0.335 e. The van der Waals surface area contributed by atoms with Gasteiger partial charge in [0, 0.05) is 12.3 Å². The molecule has 1 N–H and O–H groups in total. The minimum Gasteiger partial charge on any atom is -0.467 e. The molecule has 0 bridgehead atoms. The van der Waals surface area contributed by atoms with Crippen LogP contribution in [-0.4, -0.2) is 50.4 Å². The summed E-state index contributed by atoms with van der Waals surface area (Å²) in [5.74, 6) is -0.507. The van der Waals surface area contributed by atoms with Gasteiger partial charge in [-0.1, -0.05) is 99.7 Å². The number of esters is 1. The molecule has 2 aliphatic rings. The minimum atomic E-state index is -2.75. The van der Waals surface area contributed by atoms with Crippen molar-refractivity contribution in [2.24, 2.45) is 11.8 Å². The van der Waals surface area contributed by atoms with Crippen LogP contribution in [-0.2, 0) is 18.7 Å². The number of ether oxygens (including phenoxy) is 2. The van der Waals surface area contributed by atoms with Gasteiger partial charge in [0.05, 0.1) is 24.9 Å². The molecule has 2 aromatic carbocycles. The van der Waals surface area contributed by atoms with Gasteiger partial charge in [-0.25, -0.2) is 4.79 Å². The van der Waals surface area contributed by atoms with Gasteiger partial charge in [-0.3, -0.25) is 0 Å². The second kappa shape index (κ2) is 10.7. The molecule has 1 heterocycles. The van der Waals surface area contributed by atoms with Gasteiger partial charge >= 0.3 is 5.97 Å². The molecule has 1 aliphatic carbocycles. The van der Waals surface area contributed by atoms with Crippen LogP contribution in [0.3, 0.4) is 0 Å². The maximum atomic E-state index is 12.6. The van der Waals surface area contributed by atoms with Crippen LogP contribution >= 0.6 is 0 Å². The van der Waals surface area contributed by atoms with E-state index in [2.05, 4.69) is 88.0 Å². The summed E-state index contributed by atoms with van der Waals surface area (Å²) < 4.78 is 18.6. The Hall–Kier alpha value is -2.51. The molecule has 0 amide bonds. The summed E-state index contributed by atoms with van der Waals surface area (Å²) in [6.07, 6.45) is 5.58. The Kier molecular flexibility index (Phi) is 7.95. The maximum absolute atomic E-state index is 12.6. The van der Waals surface area contributed by atoms with Crippen molar-refractivity contribution in [2.75, 3.05) is 7.11 Å². The average Bonchev–Trinajstić information content (AvgIpc) is 3.24. The predicted octanol–water partition coefficient (Wildman–Crippen LogP) is 4.39. The van der Waals surface area contributed by atoms with Crippen LogP contribution in [0.15, 0.2) is 85.5 Å². The molecule has 1 unspecified atom stereocenters. The summed E-state index contributed by atoms with van der Waals surface area (Å²) in [4.78, 5) is 12.6. The molecule has 0 spiro atoms. The van der Waals surface area contributed by atoms with E-state index < -0.39 is 20.0 Å². The molecule has 2 aromatic rings. The third kappa shape index (κ3) is 5.39. The van der Waals surface area contributed by atoms with E-state index in [1.165, 1.54) is 23.6 Å². The van der Waals surface area contributed by atoms with Gasteiger partial charge in [0.1, 0.15) is 0 Å². The average molecular weight is 521 g/mol. The number of carbonyl (C=O) groups excluding carboxylic acids is 1. The van der Waals surface area contributed by atoms with Crippen molar-refractivity contribution in [1.82, 2.24) is 0 Å². The number of hydrogen-bond acceptors (Lipinski definition) is 5. The zero-order valence-electron chi connectivity index (χ0n) is 22.6. The fourth-order valence-corrected chi connectivity index (χ4v) is 10.7. The normalized spacial score (nSPS) is 27.2. The van der Waals surface area contributed by atoms with Crippen molar-refractivity contribution in [3.8, 4) is 0 Å². The zero-order valence-corrected chi connectivity index (χ0v) is 23.6. The molecule has 4 rings (SSSR count). The van der Waals surface area contributed by atoms with Crippen molar-refractivity contribution >= 4 is 24.7 Å². The molecule has 1 saturated heterocycles. The van der Waals surface area contributed by atoms with Crippen molar-refractivity contribution in [1.29, 1.82) is 0 Å². The Morgan fingerprint density at radius 1 is 1.05 bits per heavy atom. The number of carbonyl (C=O) groups is 1. The van der Waals surface area contributed by atoms with Gasteiger partial charge in [-0.2, -0.15) is 0 Å². The molecule has 0 saturated carbocycles. The molecule has 0 radical (unpaired) electrons. The lowest BCUT2D eigenvalue weighted by molar-refractivity contribution is -0.155. The Labute approximate surface area is 222 Å². The standard InChI is InChI=1S/C31H40O5Si/c1-7-31(5,33)21-27-26-20-22(18-19-25(26)28(35-27)29(32)34-6)36-37(30(2,3)4,23-14-10-8-11-15-23)24-16-12-9-13-17-24/h7-19,22,25-28,33H,1,20-21H2,2-6H3/t22-,25+,26-,27+,28+,31?/m0/s1. The highest BCUT2D eigenvalue weighted by atomic mass is 28.4. The predicted molar refractivity (Wildman–Crippen MR) is 149 cm³/mol. The molecular weight excluding hydrogens is 480 g/mol. The Bertz CT molecular complexity index is 1070. The number of benzene rings is 2. The first-order valence-electron chi connectivity index (χ1n) is 13.1. The number of aliphatic hydroxyl groups is 1. The van der Waals surface area contributed by atoms with Crippen LogP contribution in [0.1, 0.15) is 40.5 Å². The molecule has 0 aromatic heterocycles. The second-order valence-corrected chi connectivity index (χ2v) is 15.8. The quantitative estimate of drug-likeness (QED) is 0.318. The Morgan fingerprint density at radius 2 is 1.62 bits per heavy atom. The van der Waals surface area contributed by atoms with Crippen LogP contribution in [0.2, 0.25) is 5.04 Å². The first kappa shape index (κ1) is 27.5. The SMILES string of the molecule is C=CC(C)(O)C[C@H]1O[C@@H](C(=O)OC)[C@@H]2C=C[C@H](O[Si](c3ccccc3)(c3ccccc3)C(C)(C)C)C[C@@H]21. The summed E-state index contributed by atoms with van der Waals surface area (Å²) in [5.41, 5.74) is -1.10. The van der Waals surface area contributed by atoms with E-state index in [-0.39, 0.29) is 35.1 Å². The van der Waals surface area contributed by atoms with Crippen LogP contribution in [0.25, 0.3) is 0 Å². The van der Waals surface area contributed by atoms with E-state index in [9.17, 15) is 9.90 Å². The van der Waals surface area contributed by atoms with E-state index >= 15 is 0 Å². The number of methoxy groups -OCH3 is 1. The fraction of sp³-hybridized carbons (Fsp3) is 0.452. The minimum absolute atomic E-state index is 0.00346. The summed E-state index contributed by atoms with van der Waals surface area (Å²) in [6.45, 7) is 12.3. The van der Waals surface area contributed by atoms with Gasteiger partial charge in [-0.05, 0) is 34.7 Å². The van der Waals surface area contributed by atoms with Crippen molar-refractivity contribution in [2.45, 2.75) is 69.5 Å². The Morgan fingerprint density at radius 3 is 2.11 bits per heavy atom. The molecule has 1 fully saturated rings. The van der Waals surface area contributed by atoms with Gasteiger partial charge in [0.15, 0.2) is 6.10 Å². The first-order valence-corrected chi connectivity index (χ1v) is 15.0. The molecule has 5 nitrogen and oxygen atoms in total. The number of hydrogen-bond donors (Lipinski definition) is 1. The first-order chi connectivity index (χ1) is 17.5. The van der Waals surface area contributed by atoms with Crippen LogP contribution in [0, 0.1) is 11.8 Å². The fourth-order valence-electron chi connectivity index (χ4n) is 6.03. The topological polar surface area (TPSA) is 65.0 Å². The number of rotatable bonds is 8. The van der Waals surface area contributed by atoms with Gasteiger partial charge in [0.2, 0.25) is 0 Å². The van der Waals surface area contributed by atoms with Gasteiger partial charge in [-0.15, -0.1) is 6.58 Å². The second-order valence-electron chi connectivity index (χ2n) is 11.6. The highest BCUT2D eigenvalue weighted by Crippen LogP contribution is 2.45. The highest BCUT2D eigenvalue weighted by molar-refractivity contribution is 6.99. The summed E-state index contributed by atoms with van der Waals surface area (Å²) in [7, 11) is -1.37. The largest absolute Gasteiger partial charge is 0.467 e. The highest BCUT2D eigenvalue weighted by Gasteiger charge is 2.54. The lowest BCUT2D eigenvalue weighted by atomic mass is 9.76. The summed E-state index contributed by atoms with van der Waals surface area (Å²) in [6, 6.07) is 21.2. The summed E-state index contributed by atoms with van der Waals surface area (Å²) in [5, 5.41) is 13.1. The van der Waals surface area contributed by atoms with Crippen LogP contribution in [0.5, 0.6) is 0 Å². The molecule has 6 atom stereocenters. The zero-order chi connectivity index (χ0) is 26.8. The van der Waals surface area contributed by atoms with E-state index in [1.807, 2.05) is 12.1 Å².